The minimum Gasteiger partial charge on any atom is -0.389 e. The fourth-order valence-electron chi connectivity index (χ4n) is 1.66. The molecule has 108 valence electrons. The molecule has 0 aromatic heterocycles. The summed E-state index contributed by atoms with van der Waals surface area (Å²) in [6.45, 7) is 0.669. The molecule has 1 rings (SSSR count). The maximum Gasteiger partial charge on any atom is 0.240 e. The number of rotatable bonds is 7. The number of benzene rings is 1. The lowest BCUT2D eigenvalue weighted by Gasteiger charge is -2.22. The number of methoxy groups -OCH3 is 1. The van der Waals surface area contributed by atoms with Crippen LogP contribution in [0.3, 0.4) is 0 Å². The summed E-state index contributed by atoms with van der Waals surface area (Å²) >= 11 is 0. The zero-order chi connectivity index (χ0) is 14.5. The molecule has 0 saturated heterocycles. The van der Waals surface area contributed by atoms with E-state index in [1.807, 2.05) is 11.9 Å². The molecule has 0 spiro atoms. The first kappa shape index (κ1) is 15.9. The van der Waals surface area contributed by atoms with Gasteiger partial charge in [0, 0.05) is 26.4 Å². The van der Waals surface area contributed by atoms with E-state index < -0.39 is 16.1 Å². The van der Waals surface area contributed by atoms with Crippen LogP contribution in [0.4, 0.5) is 5.69 Å². The van der Waals surface area contributed by atoms with E-state index in [0.29, 0.717) is 6.54 Å². The highest BCUT2D eigenvalue weighted by Gasteiger charge is 2.12. The van der Waals surface area contributed by atoms with Crippen molar-refractivity contribution in [2.75, 3.05) is 39.3 Å². The second-order valence-corrected chi connectivity index (χ2v) is 6.08. The molecular formula is C12H20N2O4S. The first-order chi connectivity index (χ1) is 8.90. The van der Waals surface area contributed by atoms with E-state index in [9.17, 15) is 13.5 Å². The minimum atomic E-state index is -3.41. The number of hydrogen-bond acceptors (Lipinski definition) is 5. The summed E-state index contributed by atoms with van der Waals surface area (Å²) in [5.74, 6) is 0. The highest BCUT2D eigenvalue weighted by Crippen LogP contribution is 2.16. The Kier molecular flexibility index (Phi) is 5.74. The van der Waals surface area contributed by atoms with Gasteiger partial charge in [0.2, 0.25) is 10.0 Å². The maximum absolute atomic E-state index is 11.6. The van der Waals surface area contributed by atoms with Crippen molar-refractivity contribution in [1.29, 1.82) is 0 Å². The predicted molar refractivity (Wildman–Crippen MR) is 73.8 cm³/mol. The summed E-state index contributed by atoms with van der Waals surface area (Å²) in [7, 11) is 1.31. The van der Waals surface area contributed by atoms with Gasteiger partial charge in [-0.05, 0) is 31.3 Å². The van der Waals surface area contributed by atoms with Crippen LogP contribution in [0.1, 0.15) is 0 Å². The lowest BCUT2D eigenvalue weighted by Crippen LogP contribution is -2.31. The van der Waals surface area contributed by atoms with Gasteiger partial charge in [-0.25, -0.2) is 13.1 Å². The van der Waals surface area contributed by atoms with E-state index in [1.165, 1.54) is 26.3 Å². The number of sulfonamides is 1. The van der Waals surface area contributed by atoms with Gasteiger partial charge in [0.15, 0.2) is 0 Å². The number of aliphatic hydroxyl groups is 1. The molecular weight excluding hydrogens is 268 g/mol. The van der Waals surface area contributed by atoms with Crippen LogP contribution in [0.5, 0.6) is 0 Å². The third-order valence-corrected chi connectivity index (χ3v) is 4.13. The number of nitrogens with zero attached hydrogens (tertiary/aromatic N) is 1. The fraction of sp³-hybridized carbons (Fsp3) is 0.500. The van der Waals surface area contributed by atoms with Crippen molar-refractivity contribution in [2.45, 2.75) is 11.0 Å². The van der Waals surface area contributed by atoms with Crippen molar-refractivity contribution in [3.8, 4) is 0 Å². The number of likely N-dealkylation sites (N-methyl/N-ethyl adjacent to an activating group) is 1. The summed E-state index contributed by atoms with van der Waals surface area (Å²) in [6.07, 6.45) is -0.587. The molecule has 0 amide bonds. The Labute approximate surface area is 114 Å². The van der Waals surface area contributed by atoms with Gasteiger partial charge < -0.3 is 14.7 Å². The summed E-state index contributed by atoms with van der Waals surface area (Å²) < 4.78 is 30.2. The first-order valence-corrected chi connectivity index (χ1v) is 7.30. The fourth-order valence-corrected chi connectivity index (χ4v) is 2.39. The topological polar surface area (TPSA) is 78.9 Å². The summed E-state index contributed by atoms with van der Waals surface area (Å²) in [4.78, 5) is 2.05. The molecule has 1 aromatic rings. The quantitative estimate of drug-likeness (QED) is 0.740. The minimum absolute atomic E-state index is 0.213. The standard InChI is InChI=1S/C12H20N2O4S/c1-13-19(16,17)12-6-4-10(5-7-12)14(2)8-11(15)9-18-3/h4-7,11,13,15H,8-9H2,1-3H3. The SMILES string of the molecule is CNS(=O)(=O)c1ccc(N(C)CC(O)COC)cc1. The van der Waals surface area contributed by atoms with Crippen LogP contribution in [0, 0.1) is 0 Å². The molecule has 1 unspecified atom stereocenters. The molecule has 19 heavy (non-hydrogen) atoms. The zero-order valence-corrected chi connectivity index (χ0v) is 12.1. The van der Waals surface area contributed by atoms with E-state index in [-0.39, 0.29) is 11.5 Å². The molecule has 0 aliphatic heterocycles. The van der Waals surface area contributed by atoms with Crippen molar-refractivity contribution in [3.63, 3.8) is 0 Å². The molecule has 0 bridgehead atoms. The van der Waals surface area contributed by atoms with Gasteiger partial charge in [-0.1, -0.05) is 0 Å². The van der Waals surface area contributed by atoms with Gasteiger partial charge >= 0.3 is 0 Å². The van der Waals surface area contributed by atoms with Crippen molar-refractivity contribution in [1.82, 2.24) is 4.72 Å². The highest BCUT2D eigenvalue weighted by atomic mass is 32.2. The van der Waals surface area contributed by atoms with Crippen molar-refractivity contribution >= 4 is 15.7 Å². The Balaban J connectivity index is 2.76. The molecule has 7 heteroatoms. The molecule has 1 aromatic carbocycles. The Morgan fingerprint density at radius 2 is 1.95 bits per heavy atom. The number of aliphatic hydroxyl groups excluding tert-OH is 1. The number of anilines is 1. The Bertz CT molecular complexity index is 487. The molecule has 0 heterocycles. The average molecular weight is 288 g/mol. The molecule has 0 radical (unpaired) electrons. The molecule has 1 atom stereocenters. The van der Waals surface area contributed by atoms with E-state index in [4.69, 9.17) is 4.74 Å². The Morgan fingerprint density at radius 3 is 2.42 bits per heavy atom. The average Bonchev–Trinajstić information content (AvgIpc) is 2.39. The van der Waals surface area contributed by atoms with Gasteiger partial charge in [0.05, 0.1) is 17.6 Å². The summed E-state index contributed by atoms with van der Waals surface area (Å²) in [5, 5.41) is 9.63. The molecule has 6 nitrogen and oxygen atoms in total. The van der Waals surface area contributed by atoms with E-state index in [2.05, 4.69) is 4.72 Å². The second kappa shape index (κ2) is 6.85. The molecule has 0 aliphatic rings. The number of nitrogens with one attached hydrogen (secondary N) is 1. The summed E-state index contributed by atoms with van der Waals surface area (Å²) in [6, 6.07) is 6.45. The van der Waals surface area contributed by atoms with Crippen LogP contribution in [0.2, 0.25) is 0 Å². The lowest BCUT2D eigenvalue weighted by atomic mass is 10.2. The third-order valence-electron chi connectivity index (χ3n) is 2.70. The van der Waals surface area contributed by atoms with Gasteiger partial charge in [-0.3, -0.25) is 0 Å². The van der Waals surface area contributed by atoms with E-state index in [1.54, 1.807) is 12.1 Å². The predicted octanol–water partition coefficient (Wildman–Crippen LogP) is 0.0382. The van der Waals surface area contributed by atoms with Crippen LogP contribution < -0.4 is 9.62 Å². The Hall–Kier alpha value is -1.15. The largest absolute Gasteiger partial charge is 0.389 e. The molecule has 0 fully saturated rings. The van der Waals surface area contributed by atoms with Crippen molar-refractivity contribution in [2.24, 2.45) is 0 Å². The van der Waals surface area contributed by atoms with Gasteiger partial charge in [0.25, 0.3) is 0 Å². The normalized spacial score (nSPS) is 13.3. The lowest BCUT2D eigenvalue weighted by molar-refractivity contribution is 0.0695. The van der Waals surface area contributed by atoms with Crippen molar-refractivity contribution in [3.05, 3.63) is 24.3 Å². The summed E-state index contributed by atoms with van der Waals surface area (Å²) in [5.41, 5.74) is 0.824. The third kappa shape index (κ3) is 4.46. The van der Waals surface area contributed by atoms with Gasteiger partial charge in [-0.2, -0.15) is 0 Å². The molecule has 0 saturated carbocycles. The zero-order valence-electron chi connectivity index (χ0n) is 11.3. The van der Waals surface area contributed by atoms with Crippen LogP contribution >= 0.6 is 0 Å². The maximum atomic E-state index is 11.6. The number of ether oxygens (including phenoxy) is 1. The second-order valence-electron chi connectivity index (χ2n) is 4.19. The first-order valence-electron chi connectivity index (χ1n) is 5.82. The van der Waals surface area contributed by atoms with Crippen molar-refractivity contribution < 1.29 is 18.3 Å². The van der Waals surface area contributed by atoms with Crippen LogP contribution in [0.15, 0.2) is 29.2 Å². The van der Waals surface area contributed by atoms with E-state index in [0.717, 1.165) is 5.69 Å². The van der Waals surface area contributed by atoms with Crippen LogP contribution in [-0.4, -0.2) is 54.0 Å². The number of hydrogen-bond donors (Lipinski definition) is 2. The highest BCUT2D eigenvalue weighted by molar-refractivity contribution is 7.89. The smallest absolute Gasteiger partial charge is 0.240 e. The monoisotopic (exact) mass is 288 g/mol. The van der Waals surface area contributed by atoms with E-state index >= 15 is 0 Å². The van der Waals surface area contributed by atoms with Crippen LogP contribution in [-0.2, 0) is 14.8 Å². The van der Waals surface area contributed by atoms with Gasteiger partial charge in [0.1, 0.15) is 0 Å². The molecule has 0 aliphatic carbocycles. The Morgan fingerprint density at radius 1 is 1.37 bits per heavy atom. The van der Waals surface area contributed by atoms with Gasteiger partial charge in [-0.15, -0.1) is 0 Å². The van der Waals surface area contributed by atoms with Crippen LogP contribution in [0.25, 0.3) is 0 Å². The molecule has 2 N–H and O–H groups in total.